The van der Waals surface area contributed by atoms with Crippen LogP contribution in [0.25, 0.3) is 10.1 Å². The van der Waals surface area contributed by atoms with Crippen LogP contribution in [0, 0.1) is 11.3 Å². The Morgan fingerprint density at radius 1 is 1.21 bits per heavy atom. The fourth-order valence-electron chi connectivity index (χ4n) is 3.09. The summed E-state index contributed by atoms with van der Waals surface area (Å²) in [5.74, 6) is 1.45. The molecule has 0 fully saturated rings. The number of Topliss-reactive ketones (excluding diaryl/α,β-unsaturated/α-hetero) is 1. The third-order valence-electron chi connectivity index (χ3n) is 4.92. The summed E-state index contributed by atoms with van der Waals surface area (Å²) < 4.78 is 6.39. The van der Waals surface area contributed by atoms with Crippen molar-refractivity contribution in [3.05, 3.63) is 28.6 Å². The summed E-state index contributed by atoms with van der Waals surface area (Å²) >= 11 is 1.48. The molecule has 0 aliphatic carbocycles. The molecule has 1 heterocycles. The maximum Gasteiger partial charge on any atom is 0.227 e. The van der Waals surface area contributed by atoms with E-state index in [2.05, 4.69) is 13.8 Å². The number of amides is 1. The minimum atomic E-state index is -0.495. The fraction of sp³-hybridized carbons (Fsp3) is 0.565. The van der Waals surface area contributed by atoms with E-state index in [-0.39, 0.29) is 18.1 Å². The molecule has 4 nitrogen and oxygen atoms in total. The number of ketones is 1. The van der Waals surface area contributed by atoms with Crippen LogP contribution in [0.15, 0.2) is 18.2 Å². The second-order valence-electron chi connectivity index (χ2n) is 8.68. The van der Waals surface area contributed by atoms with Gasteiger partial charge >= 0.3 is 0 Å². The molecule has 0 radical (unpaired) electrons. The molecule has 0 bridgehead atoms. The zero-order valence-electron chi connectivity index (χ0n) is 18.2. The molecule has 28 heavy (non-hydrogen) atoms. The lowest BCUT2D eigenvalue weighted by Gasteiger charge is -2.23. The van der Waals surface area contributed by atoms with Crippen LogP contribution in [0.5, 0.6) is 5.75 Å². The first-order valence-electron chi connectivity index (χ1n) is 10.0. The molecule has 2 aromatic rings. The molecule has 0 saturated carbocycles. The number of carbonyl (C=O) groups is 2. The second kappa shape index (κ2) is 9.08. The van der Waals surface area contributed by atoms with Crippen LogP contribution in [0.3, 0.4) is 0 Å². The normalized spacial score (nSPS) is 11.9. The molecule has 0 atom stereocenters. The van der Waals surface area contributed by atoms with Crippen molar-refractivity contribution in [3.63, 3.8) is 0 Å². The van der Waals surface area contributed by atoms with Crippen LogP contribution in [-0.2, 0) is 11.2 Å². The Balaban J connectivity index is 2.47. The minimum absolute atomic E-state index is 0.0774. The van der Waals surface area contributed by atoms with Gasteiger partial charge in [-0.3, -0.25) is 9.59 Å². The van der Waals surface area contributed by atoms with Gasteiger partial charge in [0.25, 0.3) is 0 Å². The Kier molecular flexibility index (Phi) is 7.27. The van der Waals surface area contributed by atoms with Gasteiger partial charge < -0.3 is 9.64 Å². The van der Waals surface area contributed by atoms with Crippen LogP contribution in [0.2, 0.25) is 0 Å². The Bertz CT molecular complexity index is 845. The first kappa shape index (κ1) is 22.4. The quantitative estimate of drug-likeness (QED) is 0.541. The van der Waals surface area contributed by atoms with Gasteiger partial charge in [0.05, 0.1) is 18.4 Å². The maximum atomic E-state index is 13.1. The predicted molar refractivity (Wildman–Crippen MR) is 118 cm³/mol. The highest BCUT2D eigenvalue weighted by atomic mass is 32.1. The predicted octanol–water partition coefficient (Wildman–Crippen LogP) is 5.58. The number of methoxy groups -OCH3 is 1. The van der Waals surface area contributed by atoms with Gasteiger partial charge in [-0.15, -0.1) is 11.3 Å². The van der Waals surface area contributed by atoms with Crippen LogP contribution < -0.4 is 4.74 Å². The number of hydrogen-bond acceptors (Lipinski definition) is 4. The van der Waals surface area contributed by atoms with Crippen molar-refractivity contribution in [3.8, 4) is 5.75 Å². The number of benzene rings is 1. The molecule has 0 aliphatic heterocycles. The molecule has 1 aromatic heterocycles. The summed E-state index contributed by atoms with van der Waals surface area (Å²) in [6, 6.07) is 5.82. The van der Waals surface area contributed by atoms with Gasteiger partial charge in [0.15, 0.2) is 5.78 Å². The average Bonchev–Trinajstić information content (AvgIpc) is 2.97. The lowest BCUT2D eigenvalue weighted by Crippen LogP contribution is -2.34. The van der Waals surface area contributed by atoms with Gasteiger partial charge in [-0.25, -0.2) is 0 Å². The van der Waals surface area contributed by atoms with E-state index in [1.165, 1.54) is 11.3 Å². The van der Waals surface area contributed by atoms with E-state index in [1.807, 2.05) is 50.8 Å². The second-order valence-corrected chi connectivity index (χ2v) is 9.74. The van der Waals surface area contributed by atoms with E-state index in [0.717, 1.165) is 34.4 Å². The Morgan fingerprint density at radius 2 is 1.89 bits per heavy atom. The summed E-state index contributed by atoms with van der Waals surface area (Å²) in [7, 11) is 1.63. The number of nitrogens with zero attached hydrogens (tertiary/aromatic N) is 1. The van der Waals surface area contributed by atoms with Crippen molar-refractivity contribution in [2.45, 2.75) is 54.4 Å². The number of ether oxygens (including phenoxy) is 1. The summed E-state index contributed by atoms with van der Waals surface area (Å²) in [5.41, 5.74) is 0.344. The molecule has 0 spiro atoms. The number of fused-ring (bicyclic) bond motifs is 1. The van der Waals surface area contributed by atoms with Crippen LogP contribution in [0.4, 0.5) is 0 Å². The van der Waals surface area contributed by atoms with Crippen LogP contribution >= 0.6 is 11.3 Å². The lowest BCUT2D eigenvalue weighted by molar-refractivity contribution is -0.130. The average molecular weight is 404 g/mol. The van der Waals surface area contributed by atoms with Crippen LogP contribution in [0.1, 0.15) is 63.2 Å². The topological polar surface area (TPSA) is 46.6 Å². The minimum Gasteiger partial charge on any atom is -0.497 e. The summed E-state index contributed by atoms with van der Waals surface area (Å²) in [4.78, 5) is 28.8. The highest BCUT2D eigenvalue weighted by Gasteiger charge is 2.29. The largest absolute Gasteiger partial charge is 0.497 e. The molecular weight excluding hydrogens is 370 g/mol. The molecule has 0 N–H and O–H groups in total. The van der Waals surface area contributed by atoms with Crippen molar-refractivity contribution >= 4 is 33.1 Å². The Hall–Kier alpha value is -1.88. The van der Waals surface area contributed by atoms with Crippen molar-refractivity contribution in [1.29, 1.82) is 0 Å². The molecule has 0 unspecified atom stereocenters. The SMILES string of the molecule is CCN(CCC(C)C)C(=O)Cc1c(C(=O)C(C)(C)C)sc2ccc(OC)cc12. The maximum absolute atomic E-state index is 13.1. The zero-order chi connectivity index (χ0) is 21.1. The van der Waals surface area contributed by atoms with E-state index in [1.54, 1.807) is 7.11 Å². The van der Waals surface area contributed by atoms with Crippen molar-refractivity contribution in [1.82, 2.24) is 4.90 Å². The first-order valence-corrected chi connectivity index (χ1v) is 10.8. The molecule has 0 aliphatic rings. The van der Waals surface area contributed by atoms with Gasteiger partial charge in [-0.05, 0) is 43.0 Å². The number of likely N-dealkylation sites (N-methyl/N-ethyl adjacent to an activating group) is 1. The van der Waals surface area contributed by atoms with Crippen molar-refractivity contribution in [2.24, 2.45) is 11.3 Å². The van der Waals surface area contributed by atoms with Crippen LogP contribution in [-0.4, -0.2) is 36.8 Å². The van der Waals surface area contributed by atoms with E-state index in [9.17, 15) is 9.59 Å². The highest BCUT2D eigenvalue weighted by molar-refractivity contribution is 7.21. The summed E-state index contributed by atoms with van der Waals surface area (Å²) in [6.07, 6.45) is 1.22. The number of carbonyl (C=O) groups excluding carboxylic acids is 2. The van der Waals surface area contributed by atoms with E-state index >= 15 is 0 Å². The van der Waals surface area contributed by atoms with Gasteiger partial charge in [0, 0.05) is 28.6 Å². The smallest absolute Gasteiger partial charge is 0.227 e. The molecular formula is C23H33NO3S. The molecule has 2 rings (SSSR count). The van der Waals surface area contributed by atoms with Gasteiger partial charge in [0.1, 0.15) is 5.75 Å². The Labute approximate surface area is 172 Å². The lowest BCUT2D eigenvalue weighted by atomic mass is 9.88. The first-order chi connectivity index (χ1) is 13.1. The standard InChI is InChI=1S/C23H33NO3S/c1-8-24(12-11-15(2)3)20(25)14-18-17-13-16(27-7)9-10-19(17)28-21(18)22(26)23(4,5)6/h9-10,13,15H,8,11-12,14H2,1-7H3. The third kappa shape index (κ3) is 5.13. The highest BCUT2D eigenvalue weighted by Crippen LogP contribution is 2.37. The third-order valence-corrected chi connectivity index (χ3v) is 6.14. The molecule has 1 amide bonds. The number of thiophene rings is 1. The monoisotopic (exact) mass is 403 g/mol. The van der Waals surface area contributed by atoms with Crippen molar-refractivity contribution < 1.29 is 14.3 Å². The molecule has 5 heteroatoms. The van der Waals surface area contributed by atoms with Gasteiger partial charge in [0.2, 0.25) is 5.91 Å². The van der Waals surface area contributed by atoms with Gasteiger partial charge in [-0.1, -0.05) is 34.6 Å². The summed E-state index contributed by atoms with van der Waals surface area (Å²) in [5, 5.41) is 0.949. The van der Waals surface area contributed by atoms with Gasteiger partial charge in [-0.2, -0.15) is 0 Å². The molecule has 154 valence electrons. The fourth-order valence-corrected chi connectivity index (χ4v) is 4.44. The number of hydrogen-bond donors (Lipinski definition) is 0. The zero-order valence-corrected chi connectivity index (χ0v) is 19.0. The Morgan fingerprint density at radius 3 is 2.43 bits per heavy atom. The summed E-state index contributed by atoms with van der Waals surface area (Å²) in [6.45, 7) is 13.5. The molecule has 1 aromatic carbocycles. The van der Waals surface area contributed by atoms with Crippen molar-refractivity contribution in [2.75, 3.05) is 20.2 Å². The molecule has 0 saturated heterocycles. The van der Waals surface area contributed by atoms with E-state index < -0.39 is 5.41 Å². The number of rotatable bonds is 8. The van der Waals surface area contributed by atoms with E-state index in [4.69, 9.17) is 4.74 Å². The van der Waals surface area contributed by atoms with E-state index in [0.29, 0.717) is 17.3 Å².